The van der Waals surface area contributed by atoms with Gasteiger partial charge in [0.15, 0.2) is 0 Å². The van der Waals surface area contributed by atoms with Crippen molar-refractivity contribution >= 4 is 28.9 Å². The Balaban J connectivity index is 1.70. The first-order valence-electron chi connectivity index (χ1n) is 9.34. The Bertz CT molecular complexity index is 1030. The summed E-state index contributed by atoms with van der Waals surface area (Å²) < 4.78 is 4.95. The van der Waals surface area contributed by atoms with Crippen molar-refractivity contribution in [3.8, 4) is 0 Å². The van der Waals surface area contributed by atoms with Gasteiger partial charge < -0.3 is 15.4 Å². The summed E-state index contributed by atoms with van der Waals surface area (Å²) >= 11 is 0. The maximum Gasteiger partial charge on any atom is 0.338 e. The second kappa shape index (κ2) is 9.01. The van der Waals surface area contributed by atoms with E-state index in [9.17, 15) is 9.59 Å². The van der Waals surface area contributed by atoms with Gasteiger partial charge in [-0.05, 0) is 62.7 Å². The SMILES string of the molecule is CCOC(=O)c1ccc(NC(=O)c2cncc(Nc3ccc(C)cc3C)c2)cc1. The van der Waals surface area contributed by atoms with E-state index in [4.69, 9.17) is 4.74 Å². The van der Waals surface area contributed by atoms with Crippen LogP contribution in [0, 0.1) is 13.8 Å². The van der Waals surface area contributed by atoms with Crippen molar-refractivity contribution in [1.29, 1.82) is 0 Å². The average Bonchev–Trinajstić information content (AvgIpc) is 2.71. The van der Waals surface area contributed by atoms with Crippen molar-refractivity contribution in [1.82, 2.24) is 4.98 Å². The van der Waals surface area contributed by atoms with E-state index in [0.717, 1.165) is 16.9 Å². The molecule has 0 fully saturated rings. The molecule has 0 aliphatic heterocycles. The van der Waals surface area contributed by atoms with Crippen molar-refractivity contribution in [2.45, 2.75) is 20.8 Å². The Morgan fingerprint density at radius 2 is 1.69 bits per heavy atom. The van der Waals surface area contributed by atoms with Gasteiger partial charge in [0.25, 0.3) is 5.91 Å². The summed E-state index contributed by atoms with van der Waals surface area (Å²) in [6.07, 6.45) is 3.18. The molecule has 3 aromatic rings. The van der Waals surface area contributed by atoms with Gasteiger partial charge in [-0.1, -0.05) is 17.7 Å². The standard InChI is InChI=1S/C23H23N3O3/c1-4-29-23(28)17-6-8-19(9-7-17)26-22(27)18-12-20(14-24-13-18)25-21-10-5-15(2)11-16(21)3/h5-14,25H,4H2,1-3H3,(H,26,27). The topological polar surface area (TPSA) is 80.3 Å². The van der Waals surface area contributed by atoms with Crippen LogP contribution in [0.15, 0.2) is 60.9 Å². The van der Waals surface area contributed by atoms with E-state index in [1.54, 1.807) is 43.5 Å². The van der Waals surface area contributed by atoms with E-state index < -0.39 is 0 Å². The fourth-order valence-electron chi connectivity index (χ4n) is 2.85. The highest BCUT2D eigenvalue weighted by Crippen LogP contribution is 2.22. The lowest BCUT2D eigenvalue weighted by Gasteiger charge is -2.11. The van der Waals surface area contributed by atoms with E-state index in [1.807, 2.05) is 26.0 Å². The van der Waals surface area contributed by atoms with Gasteiger partial charge in [-0.2, -0.15) is 0 Å². The summed E-state index contributed by atoms with van der Waals surface area (Å²) in [5.74, 6) is -0.676. The monoisotopic (exact) mass is 389 g/mol. The largest absolute Gasteiger partial charge is 0.462 e. The maximum absolute atomic E-state index is 12.6. The number of carbonyl (C=O) groups is 2. The van der Waals surface area contributed by atoms with Crippen LogP contribution in [0.25, 0.3) is 0 Å². The molecule has 0 aliphatic rings. The van der Waals surface area contributed by atoms with Crippen molar-refractivity contribution in [2.75, 3.05) is 17.2 Å². The highest BCUT2D eigenvalue weighted by atomic mass is 16.5. The van der Waals surface area contributed by atoms with E-state index in [2.05, 4.69) is 21.7 Å². The number of aromatic nitrogens is 1. The first kappa shape index (κ1) is 20.1. The summed E-state index contributed by atoms with van der Waals surface area (Å²) in [6.45, 7) is 6.14. The van der Waals surface area contributed by atoms with E-state index in [0.29, 0.717) is 23.4 Å². The van der Waals surface area contributed by atoms with Crippen LogP contribution < -0.4 is 10.6 Å². The molecule has 0 saturated carbocycles. The Hall–Kier alpha value is -3.67. The summed E-state index contributed by atoms with van der Waals surface area (Å²) in [4.78, 5) is 28.4. The molecular formula is C23H23N3O3. The molecule has 6 nitrogen and oxygen atoms in total. The zero-order chi connectivity index (χ0) is 20.8. The summed E-state index contributed by atoms with van der Waals surface area (Å²) in [7, 11) is 0. The molecule has 0 bridgehead atoms. The second-order valence-corrected chi connectivity index (χ2v) is 6.66. The smallest absolute Gasteiger partial charge is 0.338 e. The van der Waals surface area contributed by atoms with Crippen LogP contribution in [0.4, 0.5) is 17.1 Å². The van der Waals surface area contributed by atoms with Crippen molar-refractivity contribution in [2.24, 2.45) is 0 Å². The number of ether oxygens (including phenoxy) is 1. The van der Waals surface area contributed by atoms with E-state index in [1.165, 1.54) is 11.8 Å². The minimum Gasteiger partial charge on any atom is -0.462 e. The number of esters is 1. The molecule has 0 atom stereocenters. The molecule has 6 heteroatoms. The maximum atomic E-state index is 12.6. The zero-order valence-corrected chi connectivity index (χ0v) is 16.7. The number of benzene rings is 2. The minimum absolute atomic E-state index is 0.286. The molecule has 0 radical (unpaired) electrons. The normalized spacial score (nSPS) is 10.3. The number of pyridine rings is 1. The minimum atomic E-state index is -0.389. The van der Waals surface area contributed by atoms with Crippen molar-refractivity contribution in [3.05, 3.63) is 83.2 Å². The third kappa shape index (κ3) is 5.19. The van der Waals surface area contributed by atoms with Crippen molar-refractivity contribution < 1.29 is 14.3 Å². The number of hydrogen-bond acceptors (Lipinski definition) is 5. The molecule has 0 unspecified atom stereocenters. The molecule has 29 heavy (non-hydrogen) atoms. The molecule has 1 heterocycles. The number of amides is 1. The van der Waals surface area contributed by atoms with Crippen LogP contribution in [0.2, 0.25) is 0 Å². The molecule has 1 aromatic heterocycles. The zero-order valence-electron chi connectivity index (χ0n) is 16.7. The number of hydrogen-bond donors (Lipinski definition) is 2. The summed E-state index contributed by atoms with van der Waals surface area (Å²) in [5.41, 5.74) is 5.43. The predicted octanol–water partition coefficient (Wildman–Crippen LogP) is 4.87. The van der Waals surface area contributed by atoms with Crippen LogP contribution >= 0.6 is 0 Å². The fraction of sp³-hybridized carbons (Fsp3) is 0.174. The van der Waals surface area contributed by atoms with Crippen LogP contribution in [-0.2, 0) is 4.74 Å². The number of aryl methyl sites for hydroxylation is 2. The quantitative estimate of drug-likeness (QED) is 0.588. The van der Waals surface area contributed by atoms with Gasteiger partial charge in [0, 0.05) is 17.6 Å². The van der Waals surface area contributed by atoms with Crippen LogP contribution in [0.5, 0.6) is 0 Å². The fourth-order valence-corrected chi connectivity index (χ4v) is 2.85. The average molecular weight is 389 g/mol. The first-order valence-corrected chi connectivity index (χ1v) is 9.34. The van der Waals surface area contributed by atoms with Gasteiger partial charge in [-0.3, -0.25) is 9.78 Å². The lowest BCUT2D eigenvalue weighted by Crippen LogP contribution is -2.13. The number of rotatable bonds is 6. The molecule has 0 aliphatic carbocycles. The van der Waals surface area contributed by atoms with E-state index in [-0.39, 0.29) is 11.9 Å². The second-order valence-electron chi connectivity index (χ2n) is 6.66. The Kier molecular flexibility index (Phi) is 6.24. The predicted molar refractivity (Wildman–Crippen MR) is 114 cm³/mol. The third-order valence-electron chi connectivity index (χ3n) is 4.32. The van der Waals surface area contributed by atoms with Gasteiger partial charge in [-0.15, -0.1) is 0 Å². The number of nitrogens with zero attached hydrogens (tertiary/aromatic N) is 1. The van der Waals surface area contributed by atoms with Crippen LogP contribution in [-0.4, -0.2) is 23.5 Å². The van der Waals surface area contributed by atoms with Gasteiger partial charge in [-0.25, -0.2) is 4.79 Å². The lowest BCUT2D eigenvalue weighted by atomic mass is 10.1. The van der Waals surface area contributed by atoms with Gasteiger partial charge in [0.05, 0.1) is 29.6 Å². The summed E-state index contributed by atoms with van der Waals surface area (Å²) in [5, 5.41) is 6.10. The number of anilines is 3. The Morgan fingerprint density at radius 3 is 2.38 bits per heavy atom. The highest BCUT2D eigenvalue weighted by Gasteiger charge is 2.10. The lowest BCUT2D eigenvalue weighted by molar-refractivity contribution is 0.0526. The highest BCUT2D eigenvalue weighted by molar-refractivity contribution is 6.04. The van der Waals surface area contributed by atoms with Gasteiger partial charge in [0.2, 0.25) is 0 Å². The summed E-state index contributed by atoms with van der Waals surface area (Å²) in [6, 6.07) is 14.4. The third-order valence-corrected chi connectivity index (χ3v) is 4.32. The van der Waals surface area contributed by atoms with E-state index >= 15 is 0 Å². The molecule has 148 valence electrons. The molecule has 0 saturated heterocycles. The number of nitrogens with one attached hydrogen (secondary N) is 2. The molecular weight excluding hydrogens is 366 g/mol. The van der Waals surface area contributed by atoms with Gasteiger partial charge in [0.1, 0.15) is 0 Å². The molecule has 1 amide bonds. The molecule has 3 rings (SSSR count). The number of carbonyl (C=O) groups excluding carboxylic acids is 2. The first-order chi connectivity index (χ1) is 14.0. The molecule has 2 N–H and O–H groups in total. The Morgan fingerprint density at radius 1 is 0.931 bits per heavy atom. The van der Waals surface area contributed by atoms with Crippen LogP contribution in [0.3, 0.4) is 0 Å². The Labute approximate surface area is 169 Å². The van der Waals surface area contributed by atoms with Crippen LogP contribution in [0.1, 0.15) is 38.8 Å². The van der Waals surface area contributed by atoms with Crippen molar-refractivity contribution in [3.63, 3.8) is 0 Å². The molecule has 2 aromatic carbocycles. The van der Waals surface area contributed by atoms with Gasteiger partial charge >= 0.3 is 5.97 Å². The molecule has 0 spiro atoms.